The molecule has 1 aromatic rings. The van der Waals surface area contributed by atoms with E-state index in [0.717, 1.165) is 0 Å². The Hall–Kier alpha value is -1.15. The van der Waals surface area contributed by atoms with Gasteiger partial charge in [-0.1, -0.05) is 12.1 Å². The number of hydrogen-bond acceptors (Lipinski definition) is 2. The van der Waals surface area contributed by atoms with Crippen LogP contribution in [0.25, 0.3) is 0 Å². The van der Waals surface area contributed by atoms with Crippen molar-refractivity contribution in [2.24, 2.45) is 0 Å². The zero-order valence-corrected chi connectivity index (χ0v) is 7.26. The van der Waals surface area contributed by atoms with E-state index >= 15 is 0 Å². The second kappa shape index (κ2) is 3.50. The summed E-state index contributed by atoms with van der Waals surface area (Å²) in [6.07, 6.45) is 0.707. The van der Waals surface area contributed by atoms with E-state index in [-0.39, 0.29) is 0 Å². The molecular weight excluding hydrogens is 176 g/mol. The number of benzene rings is 1. The van der Waals surface area contributed by atoms with Gasteiger partial charge >= 0.3 is 0 Å². The van der Waals surface area contributed by atoms with Gasteiger partial charge in [-0.2, -0.15) is 0 Å². The van der Waals surface area contributed by atoms with Crippen LogP contribution < -0.4 is 0 Å². The SMILES string of the molecule is Cc1c(C=O)cccc1C(=O)Cl. The van der Waals surface area contributed by atoms with Crippen molar-refractivity contribution in [3.05, 3.63) is 34.9 Å². The molecule has 12 heavy (non-hydrogen) atoms. The third kappa shape index (κ3) is 1.53. The van der Waals surface area contributed by atoms with E-state index in [1.165, 1.54) is 0 Å². The Kier molecular flexibility index (Phi) is 2.61. The van der Waals surface area contributed by atoms with Crippen molar-refractivity contribution < 1.29 is 9.59 Å². The fraction of sp³-hybridized carbons (Fsp3) is 0.111. The van der Waals surface area contributed by atoms with Gasteiger partial charge in [0.2, 0.25) is 0 Å². The molecule has 0 fully saturated rings. The van der Waals surface area contributed by atoms with E-state index < -0.39 is 5.24 Å². The minimum absolute atomic E-state index is 0.390. The van der Waals surface area contributed by atoms with Crippen LogP contribution in [0.4, 0.5) is 0 Å². The predicted molar refractivity (Wildman–Crippen MR) is 46.8 cm³/mol. The van der Waals surface area contributed by atoms with Crippen LogP contribution in [0.15, 0.2) is 18.2 Å². The van der Waals surface area contributed by atoms with Crippen molar-refractivity contribution in [1.82, 2.24) is 0 Å². The monoisotopic (exact) mass is 182 g/mol. The summed E-state index contributed by atoms with van der Waals surface area (Å²) in [5.41, 5.74) is 1.52. The first-order valence-corrected chi connectivity index (χ1v) is 3.79. The second-order valence-corrected chi connectivity index (χ2v) is 2.75. The highest BCUT2D eigenvalue weighted by Crippen LogP contribution is 2.13. The number of rotatable bonds is 2. The Labute approximate surface area is 75.2 Å². The van der Waals surface area contributed by atoms with E-state index in [4.69, 9.17) is 11.6 Å². The van der Waals surface area contributed by atoms with Crippen molar-refractivity contribution in [2.45, 2.75) is 6.92 Å². The van der Waals surface area contributed by atoms with Gasteiger partial charge in [0.05, 0.1) is 0 Å². The molecule has 2 nitrogen and oxygen atoms in total. The number of carbonyl (C=O) groups is 2. The molecule has 3 heteroatoms. The van der Waals surface area contributed by atoms with Crippen LogP contribution >= 0.6 is 11.6 Å². The number of hydrogen-bond donors (Lipinski definition) is 0. The van der Waals surface area contributed by atoms with Crippen LogP contribution in [0.5, 0.6) is 0 Å². The van der Waals surface area contributed by atoms with Gasteiger partial charge in [0, 0.05) is 11.1 Å². The normalized spacial score (nSPS) is 9.50. The highest BCUT2D eigenvalue weighted by atomic mass is 35.5. The maximum Gasteiger partial charge on any atom is 0.252 e. The van der Waals surface area contributed by atoms with Gasteiger partial charge in [-0.25, -0.2) is 0 Å². The Morgan fingerprint density at radius 1 is 1.50 bits per heavy atom. The summed E-state index contributed by atoms with van der Waals surface area (Å²) in [6, 6.07) is 4.87. The zero-order chi connectivity index (χ0) is 9.14. The van der Waals surface area contributed by atoms with E-state index in [0.29, 0.717) is 23.0 Å². The molecule has 0 aliphatic carbocycles. The van der Waals surface area contributed by atoms with E-state index in [9.17, 15) is 9.59 Å². The van der Waals surface area contributed by atoms with Gasteiger partial charge < -0.3 is 0 Å². The maximum absolute atomic E-state index is 10.8. The second-order valence-electron chi connectivity index (χ2n) is 2.41. The first-order valence-electron chi connectivity index (χ1n) is 3.41. The molecule has 0 unspecified atom stereocenters. The lowest BCUT2D eigenvalue weighted by atomic mass is 10.0. The minimum Gasteiger partial charge on any atom is -0.298 e. The molecule has 0 saturated heterocycles. The zero-order valence-electron chi connectivity index (χ0n) is 6.50. The summed E-state index contributed by atoms with van der Waals surface area (Å²) < 4.78 is 0. The summed E-state index contributed by atoms with van der Waals surface area (Å²) in [6.45, 7) is 1.69. The van der Waals surface area contributed by atoms with E-state index in [1.54, 1.807) is 25.1 Å². The topological polar surface area (TPSA) is 34.1 Å². The number of carbonyl (C=O) groups excluding carboxylic acids is 2. The fourth-order valence-electron chi connectivity index (χ4n) is 0.994. The largest absolute Gasteiger partial charge is 0.298 e. The average Bonchev–Trinajstić information content (AvgIpc) is 2.04. The molecule has 0 aliphatic rings. The van der Waals surface area contributed by atoms with Gasteiger partial charge in [-0.05, 0) is 30.2 Å². The average molecular weight is 183 g/mol. The molecule has 0 atom stereocenters. The molecule has 0 radical (unpaired) electrons. The first kappa shape index (κ1) is 8.94. The summed E-state index contributed by atoms with van der Waals surface area (Å²) in [5.74, 6) is 0. The van der Waals surface area contributed by atoms with E-state index in [1.807, 2.05) is 0 Å². The van der Waals surface area contributed by atoms with Crippen LogP contribution in [0, 0.1) is 6.92 Å². The summed E-state index contributed by atoms with van der Waals surface area (Å²) >= 11 is 5.28. The van der Waals surface area contributed by atoms with Crippen molar-refractivity contribution in [1.29, 1.82) is 0 Å². The van der Waals surface area contributed by atoms with Gasteiger partial charge in [-0.3, -0.25) is 9.59 Å². The van der Waals surface area contributed by atoms with Crippen LogP contribution in [0.2, 0.25) is 0 Å². The molecule has 62 valence electrons. The molecule has 0 heterocycles. The van der Waals surface area contributed by atoms with Crippen LogP contribution in [0.1, 0.15) is 26.3 Å². The molecular formula is C9H7ClO2. The lowest BCUT2D eigenvalue weighted by molar-refractivity contribution is 0.108. The highest BCUT2D eigenvalue weighted by Gasteiger charge is 2.07. The van der Waals surface area contributed by atoms with Gasteiger partial charge in [0.25, 0.3) is 5.24 Å². The Morgan fingerprint density at radius 3 is 2.67 bits per heavy atom. The van der Waals surface area contributed by atoms with Crippen molar-refractivity contribution >= 4 is 23.1 Å². The van der Waals surface area contributed by atoms with Crippen molar-refractivity contribution in [2.75, 3.05) is 0 Å². The Morgan fingerprint density at radius 2 is 2.17 bits per heavy atom. The summed E-state index contributed by atoms with van der Waals surface area (Å²) in [7, 11) is 0. The molecule has 0 saturated carbocycles. The smallest absolute Gasteiger partial charge is 0.252 e. The van der Waals surface area contributed by atoms with Crippen molar-refractivity contribution in [3.8, 4) is 0 Å². The van der Waals surface area contributed by atoms with Gasteiger partial charge in [-0.15, -0.1) is 0 Å². The Balaban J connectivity index is 3.32. The van der Waals surface area contributed by atoms with Gasteiger partial charge in [0.15, 0.2) is 0 Å². The lowest BCUT2D eigenvalue weighted by Gasteiger charge is -2.01. The third-order valence-corrected chi connectivity index (χ3v) is 1.92. The number of halogens is 1. The molecule has 1 aromatic carbocycles. The maximum atomic E-state index is 10.8. The Bertz CT molecular complexity index is 331. The molecule has 0 spiro atoms. The van der Waals surface area contributed by atoms with Crippen LogP contribution in [-0.2, 0) is 0 Å². The number of aldehydes is 1. The molecule has 0 aromatic heterocycles. The molecule has 0 bridgehead atoms. The standard InChI is InChI=1S/C9H7ClO2/c1-6-7(5-11)3-2-4-8(6)9(10)12/h2-5H,1H3. The minimum atomic E-state index is -0.531. The molecule has 1 rings (SSSR count). The molecule has 0 amide bonds. The lowest BCUT2D eigenvalue weighted by Crippen LogP contribution is -1.96. The van der Waals surface area contributed by atoms with Gasteiger partial charge in [0.1, 0.15) is 6.29 Å². The van der Waals surface area contributed by atoms with Crippen molar-refractivity contribution in [3.63, 3.8) is 0 Å². The molecule has 0 N–H and O–H groups in total. The van der Waals surface area contributed by atoms with E-state index in [2.05, 4.69) is 0 Å². The summed E-state index contributed by atoms with van der Waals surface area (Å²) in [4.78, 5) is 21.2. The summed E-state index contributed by atoms with van der Waals surface area (Å²) in [5, 5.41) is -0.531. The van der Waals surface area contributed by atoms with Crippen LogP contribution in [0.3, 0.4) is 0 Å². The quantitative estimate of drug-likeness (QED) is 0.519. The fourth-order valence-corrected chi connectivity index (χ4v) is 1.20. The van der Waals surface area contributed by atoms with Crippen LogP contribution in [-0.4, -0.2) is 11.5 Å². The highest BCUT2D eigenvalue weighted by molar-refractivity contribution is 6.68. The molecule has 0 aliphatic heterocycles. The first-order chi connectivity index (χ1) is 5.66. The predicted octanol–water partition coefficient (Wildman–Crippen LogP) is 2.19. The third-order valence-electron chi connectivity index (χ3n) is 1.71.